The number of likely N-dealkylation sites (tertiary alicyclic amines) is 1. The van der Waals surface area contributed by atoms with Crippen LogP contribution in [-0.4, -0.2) is 23.3 Å². The molecule has 2 aromatic carbocycles. The van der Waals surface area contributed by atoms with E-state index in [1.54, 1.807) is 4.90 Å². The van der Waals surface area contributed by atoms with Crippen LogP contribution < -0.4 is 0 Å². The van der Waals surface area contributed by atoms with Gasteiger partial charge in [0.1, 0.15) is 0 Å². The Morgan fingerprint density at radius 2 is 1.59 bits per heavy atom. The highest BCUT2D eigenvalue weighted by atomic mass is 16.2. The average Bonchev–Trinajstić information content (AvgIpc) is 3.04. The predicted molar refractivity (Wildman–Crippen MR) is 127 cm³/mol. The summed E-state index contributed by atoms with van der Waals surface area (Å²) in [7, 11) is 0. The van der Waals surface area contributed by atoms with E-state index in [-0.39, 0.29) is 29.6 Å². The first-order valence-corrected chi connectivity index (χ1v) is 11.9. The van der Waals surface area contributed by atoms with Crippen LogP contribution in [0.4, 0.5) is 0 Å². The minimum atomic E-state index is -0.783. The molecule has 0 aromatic heterocycles. The van der Waals surface area contributed by atoms with Crippen LogP contribution in [0.25, 0.3) is 0 Å². The van der Waals surface area contributed by atoms with Gasteiger partial charge in [-0.25, -0.2) is 0 Å². The smallest absolute Gasteiger partial charge is 0.236 e. The Labute approximate surface area is 190 Å². The lowest BCUT2D eigenvalue weighted by atomic mass is 9.58. The molecular weight excluding hydrogens is 394 g/mol. The first-order valence-electron chi connectivity index (χ1n) is 11.9. The molecule has 1 heterocycles. The molecule has 32 heavy (non-hydrogen) atoms. The summed E-state index contributed by atoms with van der Waals surface area (Å²) < 4.78 is 0. The molecule has 2 aliphatic carbocycles. The summed E-state index contributed by atoms with van der Waals surface area (Å²) >= 11 is 0. The predicted octanol–water partition coefficient (Wildman–Crippen LogP) is 6.01. The molecule has 2 amide bonds. The number of rotatable bonds is 5. The second-order valence-electron chi connectivity index (χ2n) is 9.62. The molecule has 1 fully saturated rings. The molecule has 5 rings (SSSR count). The summed E-state index contributed by atoms with van der Waals surface area (Å²) in [5, 5.41) is 0. The number of benzene rings is 2. The van der Waals surface area contributed by atoms with E-state index < -0.39 is 5.41 Å². The van der Waals surface area contributed by atoms with E-state index in [9.17, 15) is 9.59 Å². The van der Waals surface area contributed by atoms with Gasteiger partial charge in [0.05, 0.1) is 11.3 Å². The molecule has 3 heteroatoms. The van der Waals surface area contributed by atoms with Crippen LogP contribution in [0.3, 0.4) is 0 Å². The van der Waals surface area contributed by atoms with Gasteiger partial charge in [-0.1, -0.05) is 84.5 Å². The van der Waals surface area contributed by atoms with Gasteiger partial charge in [0.25, 0.3) is 0 Å². The number of nitrogens with zero attached hydrogens (tertiary/aromatic N) is 1. The van der Waals surface area contributed by atoms with Crippen LogP contribution in [0.15, 0.2) is 84.5 Å². The lowest BCUT2D eigenvalue weighted by Crippen LogP contribution is -2.42. The third kappa shape index (κ3) is 3.44. The Kier molecular flexibility index (Phi) is 5.58. The summed E-state index contributed by atoms with van der Waals surface area (Å²) in [4.78, 5) is 29.4. The Balaban J connectivity index is 1.53. The van der Waals surface area contributed by atoms with Crippen molar-refractivity contribution in [1.29, 1.82) is 0 Å². The van der Waals surface area contributed by atoms with E-state index >= 15 is 0 Å². The number of hydrogen-bond donors (Lipinski definition) is 0. The molecular formula is C29H31NO2. The highest BCUT2D eigenvalue weighted by Gasteiger charge is 2.62. The topological polar surface area (TPSA) is 37.4 Å². The van der Waals surface area contributed by atoms with Crippen LogP contribution in [0, 0.1) is 11.3 Å². The number of fused-ring (bicyclic) bond motifs is 1. The number of carbonyl (C=O) groups excluding carboxylic acids is 2. The first-order chi connectivity index (χ1) is 15.6. The maximum atomic E-state index is 14.0. The van der Waals surface area contributed by atoms with Crippen molar-refractivity contribution in [3.05, 3.63) is 95.6 Å². The van der Waals surface area contributed by atoms with Crippen molar-refractivity contribution in [1.82, 2.24) is 4.90 Å². The van der Waals surface area contributed by atoms with Gasteiger partial charge in [-0.3, -0.25) is 14.5 Å². The number of hydrogen-bond acceptors (Lipinski definition) is 2. The van der Waals surface area contributed by atoms with Crippen molar-refractivity contribution >= 4 is 11.8 Å². The molecule has 0 saturated carbocycles. The fraction of sp³-hybridized carbons (Fsp3) is 0.379. The molecule has 2 aromatic rings. The van der Waals surface area contributed by atoms with Crippen molar-refractivity contribution in [2.75, 3.05) is 6.54 Å². The molecule has 4 atom stereocenters. The second-order valence-corrected chi connectivity index (χ2v) is 9.62. The molecule has 164 valence electrons. The number of carbonyl (C=O) groups is 2. The Morgan fingerprint density at radius 3 is 2.25 bits per heavy atom. The molecule has 0 N–H and O–H groups in total. The normalized spacial score (nSPS) is 29.7. The van der Waals surface area contributed by atoms with Crippen LogP contribution in [-0.2, 0) is 9.59 Å². The summed E-state index contributed by atoms with van der Waals surface area (Å²) in [6.07, 6.45) is 12.1. The third-order valence-corrected chi connectivity index (χ3v) is 7.78. The minimum Gasteiger partial charge on any atom is -0.281 e. The zero-order valence-electron chi connectivity index (χ0n) is 18.7. The SMILES string of the molecule is C[C@]12C(=O)N(CCC3=CCCCC3)C(=O)[C@H]1[C@H](c1ccccc1)C=C[C@@H]2c1ccccc1. The van der Waals surface area contributed by atoms with Crippen molar-refractivity contribution in [2.24, 2.45) is 11.3 Å². The molecule has 1 aliphatic heterocycles. The Morgan fingerprint density at radius 1 is 0.906 bits per heavy atom. The lowest BCUT2D eigenvalue weighted by molar-refractivity contribution is -0.141. The van der Waals surface area contributed by atoms with Crippen molar-refractivity contribution in [3.63, 3.8) is 0 Å². The fourth-order valence-corrected chi connectivity index (χ4v) is 6.04. The summed E-state index contributed by atoms with van der Waals surface area (Å²) in [6, 6.07) is 20.3. The van der Waals surface area contributed by atoms with E-state index in [1.807, 2.05) is 43.3 Å². The van der Waals surface area contributed by atoms with Gasteiger partial charge in [0, 0.05) is 18.4 Å². The lowest BCUT2D eigenvalue weighted by Gasteiger charge is -2.41. The monoisotopic (exact) mass is 425 g/mol. The number of imide groups is 1. The molecule has 1 saturated heterocycles. The third-order valence-electron chi connectivity index (χ3n) is 7.78. The highest BCUT2D eigenvalue weighted by molar-refractivity contribution is 6.08. The first kappa shape index (κ1) is 20.9. The zero-order valence-corrected chi connectivity index (χ0v) is 18.7. The number of allylic oxidation sites excluding steroid dienone is 3. The molecule has 3 aliphatic rings. The quantitative estimate of drug-likeness (QED) is 0.435. The van der Waals surface area contributed by atoms with Crippen LogP contribution in [0.1, 0.15) is 62.0 Å². The highest BCUT2D eigenvalue weighted by Crippen LogP contribution is 2.57. The van der Waals surface area contributed by atoms with Crippen molar-refractivity contribution in [3.8, 4) is 0 Å². The molecule has 0 radical (unpaired) electrons. The van der Waals surface area contributed by atoms with Gasteiger partial charge in [-0.2, -0.15) is 0 Å². The maximum Gasteiger partial charge on any atom is 0.236 e. The van der Waals surface area contributed by atoms with Gasteiger partial charge in [0.15, 0.2) is 0 Å². The van der Waals surface area contributed by atoms with E-state index in [4.69, 9.17) is 0 Å². The summed E-state index contributed by atoms with van der Waals surface area (Å²) in [5.41, 5.74) is 2.81. The van der Waals surface area contributed by atoms with E-state index in [2.05, 4.69) is 42.5 Å². The van der Waals surface area contributed by atoms with Crippen molar-refractivity contribution < 1.29 is 9.59 Å². The average molecular weight is 426 g/mol. The zero-order chi connectivity index (χ0) is 22.1. The van der Waals surface area contributed by atoms with Gasteiger partial charge in [-0.05, 0) is 50.2 Å². The molecule has 0 unspecified atom stereocenters. The van der Waals surface area contributed by atoms with Crippen LogP contribution in [0.5, 0.6) is 0 Å². The van der Waals surface area contributed by atoms with E-state index in [0.29, 0.717) is 6.54 Å². The van der Waals surface area contributed by atoms with Crippen LogP contribution >= 0.6 is 0 Å². The second kappa shape index (κ2) is 8.54. The maximum absolute atomic E-state index is 14.0. The Bertz CT molecular complexity index is 1060. The van der Waals surface area contributed by atoms with E-state index in [0.717, 1.165) is 30.4 Å². The van der Waals surface area contributed by atoms with Gasteiger partial charge < -0.3 is 0 Å². The minimum absolute atomic E-state index is 0.00644. The van der Waals surface area contributed by atoms with Crippen molar-refractivity contribution in [2.45, 2.75) is 50.9 Å². The van der Waals surface area contributed by atoms with Crippen LogP contribution in [0.2, 0.25) is 0 Å². The molecule has 0 bridgehead atoms. The summed E-state index contributed by atoms with van der Waals surface area (Å²) in [5.74, 6) is -0.593. The largest absolute Gasteiger partial charge is 0.281 e. The van der Waals surface area contributed by atoms with E-state index in [1.165, 1.54) is 18.4 Å². The Hall–Kier alpha value is -2.94. The van der Waals surface area contributed by atoms with Gasteiger partial charge in [0.2, 0.25) is 11.8 Å². The number of amides is 2. The molecule has 0 spiro atoms. The molecule has 3 nitrogen and oxygen atoms in total. The van der Waals surface area contributed by atoms with Gasteiger partial charge >= 0.3 is 0 Å². The summed E-state index contributed by atoms with van der Waals surface area (Å²) in [6.45, 7) is 2.52. The fourth-order valence-electron chi connectivity index (χ4n) is 6.04. The van der Waals surface area contributed by atoms with Gasteiger partial charge in [-0.15, -0.1) is 0 Å². The standard InChI is InChI=1S/C29H31NO2/c1-29-25(23-15-9-4-10-16-23)18-17-24(22-13-7-3-8-14-22)26(29)27(31)30(28(29)32)20-19-21-11-5-2-6-12-21/h3-4,7-11,13-18,24-26H,2,5-6,12,19-20H2,1H3/t24-,25+,26+,29+/m0/s1.